The summed E-state index contributed by atoms with van der Waals surface area (Å²) in [6.07, 6.45) is 0.565. The number of carbonyl (C=O) groups excluding carboxylic acids is 1. The quantitative estimate of drug-likeness (QED) is 0.584. The van der Waals surface area contributed by atoms with E-state index in [1.54, 1.807) is 0 Å². The Morgan fingerprint density at radius 3 is 2.88 bits per heavy atom. The molecule has 0 radical (unpaired) electrons. The number of hydrogen-bond acceptors (Lipinski definition) is 4. The minimum atomic E-state index is -1.00. The molecule has 16 heavy (non-hydrogen) atoms. The van der Waals surface area contributed by atoms with Gasteiger partial charge in [-0.25, -0.2) is 4.79 Å². The van der Waals surface area contributed by atoms with Crippen molar-refractivity contribution in [1.82, 2.24) is 10.6 Å². The van der Waals surface area contributed by atoms with Crippen LogP contribution in [0.5, 0.6) is 0 Å². The Labute approximate surface area is 94.3 Å². The molecule has 3 N–H and O–H groups in total. The van der Waals surface area contributed by atoms with Crippen LogP contribution in [0.1, 0.15) is 19.8 Å². The largest absolute Gasteiger partial charge is 0.480 e. The zero-order valence-corrected chi connectivity index (χ0v) is 9.36. The van der Waals surface area contributed by atoms with Crippen LogP contribution in [-0.4, -0.2) is 48.8 Å². The Kier molecular flexibility index (Phi) is 5.21. The Balaban J connectivity index is 2.43. The first kappa shape index (κ1) is 12.9. The fraction of sp³-hybridized carbons (Fsp3) is 0.800. The number of carboxylic acid groups (broad SMARTS) is 1. The summed E-state index contributed by atoms with van der Waals surface area (Å²) in [5.41, 5.74) is 0. The molecule has 0 bridgehead atoms. The van der Waals surface area contributed by atoms with Gasteiger partial charge < -0.3 is 20.5 Å². The summed E-state index contributed by atoms with van der Waals surface area (Å²) in [4.78, 5) is 22.5. The number of nitrogens with one attached hydrogen (secondary N) is 2. The summed E-state index contributed by atoms with van der Waals surface area (Å²) in [6.45, 7) is 3.51. The zero-order valence-electron chi connectivity index (χ0n) is 9.36. The van der Waals surface area contributed by atoms with E-state index in [0.29, 0.717) is 26.0 Å². The summed E-state index contributed by atoms with van der Waals surface area (Å²) in [5.74, 6) is -1.35. The smallest absolute Gasteiger partial charge is 0.326 e. The van der Waals surface area contributed by atoms with Gasteiger partial charge in [-0.1, -0.05) is 13.3 Å². The van der Waals surface area contributed by atoms with Gasteiger partial charge in [0.15, 0.2) is 0 Å². The van der Waals surface area contributed by atoms with E-state index in [2.05, 4.69) is 10.6 Å². The number of amides is 1. The third-order valence-corrected chi connectivity index (χ3v) is 2.41. The molecule has 0 saturated carbocycles. The lowest BCUT2D eigenvalue weighted by Gasteiger charge is -2.24. The molecule has 0 spiro atoms. The second kappa shape index (κ2) is 6.44. The van der Waals surface area contributed by atoms with Gasteiger partial charge in [0, 0.05) is 13.1 Å². The Hall–Kier alpha value is -1.14. The van der Waals surface area contributed by atoms with Gasteiger partial charge in [0.1, 0.15) is 12.1 Å². The van der Waals surface area contributed by atoms with Crippen molar-refractivity contribution in [2.45, 2.75) is 31.9 Å². The normalized spacial score (nSPS) is 22.4. The molecule has 6 nitrogen and oxygen atoms in total. The molecule has 2 atom stereocenters. The lowest BCUT2D eigenvalue weighted by molar-refractivity contribution is -0.145. The number of rotatable bonds is 5. The maximum atomic E-state index is 11.6. The van der Waals surface area contributed by atoms with Gasteiger partial charge in [0.05, 0.1) is 6.61 Å². The third-order valence-electron chi connectivity index (χ3n) is 2.41. The minimum absolute atomic E-state index is 0.354. The van der Waals surface area contributed by atoms with E-state index in [0.717, 1.165) is 6.54 Å². The van der Waals surface area contributed by atoms with Crippen molar-refractivity contribution in [3.05, 3.63) is 0 Å². The minimum Gasteiger partial charge on any atom is -0.480 e. The highest BCUT2D eigenvalue weighted by Crippen LogP contribution is 2.01. The number of hydrogen-bond donors (Lipinski definition) is 3. The molecule has 0 aromatic carbocycles. The molecule has 0 aromatic rings. The van der Waals surface area contributed by atoms with Crippen molar-refractivity contribution in [3.8, 4) is 0 Å². The van der Waals surface area contributed by atoms with E-state index in [1.807, 2.05) is 6.92 Å². The summed E-state index contributed by atoms with van der Waals surface area (Å²) in [7, 11) is 0. The fourth-order valence-electron chi connectivity index (χ4n) is 1.54. The first-order valence-electron chi connectivity index (χ1n) is 5.50. The topological polar surface area (TPSA) is 87.7 Å². The van der Waals surface area contributed by atoms with Crippen molar-refractivity contribution in [2.24, 2.45) is 0 Å². The van der Waals surface area contributed by atoms with Crippen LogP contribution in [0.3, 0.4) is 0 Å². The van der Waals surface area contributed by atoms with Crippen LogP contribution < -0.4 is 10.6 Å². The molecule has 1 unspecified atom stereocenters. The third kappa shape index (κ3) is 3.79. The maximum absolute atomic E-state index is 11.6. The molecule has 0 aliphatic carbocycles. The molecule has 92 valence electrons. The summed E-state index contributed by atoms with van der Waals surface area (Å²) < 4.78 is 5.23. The highest BCUT2D eigenvalue weighted by molar-refractivity contribution is 5.86. The van der Waals surface area contributed by atoms with Crippen molar-refractivity contribution < 1.29 is 19.4 Å². The number of morpholine rings is 1. The van der Waals surface area contributed by atoms with E-state index >= 15 is 0 Å². The van der Waals surface area contributed by atoms with Crippen molar-refractivity contribution in [2.75, 3.05) is 19.7 Å². The lowest BCUT2D eigenvalue weighted by Crippen LogP contribution is -2.51. The Morgan fingerprint density at radius 2 is 2.38 bits per heavy atom. The molecule has 6 heteroatoms. The second-order valence-electron chi connectivity index (χ2n) is 3.75. The molecule has 1 saturated heterocycles. The van der Waals surface area contributed by atoms with Crippen LogP contribution in [0.2, 0.25) is 0 Å². The molecule has 1 aliphatic heterocycles. The molecule has 1 heterocycles. The highest BCUT2D eigenvalue weighted by Gasteiger charge is 2.26. The monoisotopic (exact) mass is 230 g/mol. The number of ether oxygens (including phenoxy) is 1. The molecule has 0 aromatic heterocycles. The molecule has 1 rings (SSSR count). The van der Waals surface area contributed by atoms with E-state index in [1.165, 1.54) is 0 Å². The SMILES string of the molecule is CCC[C@@H](NC(=O)C1CNCCO1)C(=O)O. The van der Waals surface area contributed by atoms with E-state index in [9.17, 15) is 9.59 Å². The summed E-state index contributed by atoms with van der Waals surface area (Å²) in [5, 5.41) is 14.4. The van der Waals surface area contributed by atoms with E-state index in [4.69, 9.17) is 9.84 Å². The van der Waals surface area contributed by atoms with Crippen LogP contribution in [-0.2, 0) is 14.3 Å². The first-order valence-corrected chi connectivity index (χ1v) is 5.50. The number of aliphatic carboxylic acids is 1. The zero-order chi connectivity index (χ0) is 12.0. The first-order chi connectivity index (χ1) is 7.65. The standard InChI is InChI=1S/C10H18N2O4/c1-2-3-7(10(14)15)12-9(13)8-6-11-4-5-16-8/h7-8,11H,2-6H2,1H3,(H,12,13)(H,14,15)/t7-,8?/m1/s1. The number of carbonyl (C=O) groups is 2. The average Bonchev–Trinajstić information content (AvgIpc) is 2.29. The van der Waals surface area contributed by atoms with Crippen LogP contribution >= 0.6 is 0 Å². The van der Waals surface area contributed by atoms with Gasteiger partial charge >= 0.3 is 5.97 Å². The number of carboxylic acids is 1. The second-order valence-corrected chi connectivity index (χ2v) is 3.75. The summed E-state index contributed by atoms with van der Waals surface area (Å²) >= 11 is 0. The van der Waals surface area contributed by atoms with Crippen LogP contribution in [0.4, 0.5) is 0 Å². The molecule has 1 fully saturated rings. The molecular weight excluding hydrogens is 212 g/mol. The molecular formula is C10H18N2O4. The van der Waals surface area contributed by atoms with Crippen LogP contribution in [0.15, 0.2) is 0 Å². The Bertz CT molecular complexity index is 251. The van der Waals surface area contributed by atoms with Gasteiger partial charge in [-0.3, -0.25) is 4.79 Å². The van der Waals surface area contributed by atoms with E-state index in [-0.39, 0.29) is 5.91 Å². The van der Waals surface area contributed by atoms with Crippen LogP contribution in [0, 0.1) is 0 Å². The van der Waals surface area contributed by atoms with Gasteiger partial charge in [-0.05, 0) is 6.42 Å². The van der Waals surface area contributed by atoms with Gasteiger partial charge in [0.25, 0.3) is 5.91 Å². The van der Waals surface area contributed by atoms with E-state index < -0.39 is 18.1 Å². The Morgan fingerprint density at radius 1 is 1.62 bits per heavy atom. The van der Waals surface area contributed by atoms with Crippen molar-refractivity contribution in [3.63, 3.8) is 0 Å². The van der Waals surface area contributed by atoms with Gasteiger partial charge in [-0.2, -0.15) is 0 Å². The van der Waals surface area contributed by atoms with Crippen LogP contribution in [0.25, 0.3) is 0 Å². The average molecular weight is 230 g/mol. The predicted octanol–water partition coefficient (Wildman–Crippen LogP) is -0.656. The maximum Gasteiger partial charge on any atom is 0.326 e. The fourth-order valence-corrected chi connectivity index (χ4v) is 1.54. The summed E-state index contributed by atoms with van der Waals surface area (Å²) in [6, 6.07) is -0.817. The molecule has 1 amide bonds. The van der Waals surface area contributed by atoms with Gasteiger partial charge in [-0.15, -0.1) is 0 Å². The van der Waals surface area contributed by atoms with Crippen molar-refractivity contribution in [1.29, 1.82) is 0 Å². The highest BCUT2D eigenvalue weighted by atomic mass is 16.5. The predicted molar refractivity (Wildman–Crippen MR) is 57.1 cm³/mol. The van der Waals surface area contributed by atoms with Crippen molar-refractivity contribution >= 4 is 11.9 Å². The molecule has 1 aliphatic rings. The lowest BCUT2D eigenvalue weighted by atomic mass is 10.1. The van der Waals surface area contributed by atoms with Gasteiger partial charge in [0.2, 0.25) is 0 Å².